The second kappa shape index (κ2) is 11.7. The average molecular weight is 570 g/mol. The van der Waals surface area contributed by atoms with Crippen molar-refractivity contribution in [1.29, 1.82) is 0 Å². The van der Waals surface area contributed by atoms with Crippen molar-refractivity contribution in [3.8, 4) is 22.3 Å². The van der Waals surface area contributed by atoms with Gasteiger partial charge in [0.1, 0.15) is 11.6 Å². The molecule has 0 saturated carbocycles. The van der Waals surface area contributed by atoms with E-state index in [1.807, 2.05) is 11.3 Å². The van der Waals surface area contributed by atoms with Gasteiger partial charge in [-0.3, -0.25) is 0 Å². The van der Waals surface area contributed by atoms with Crippen molar-refractivity contribution in [2.75, 3.05) is 5.75 Å². The van der Waals surface area contributed by atoms with Crippen LogP contribution < -0.4 is 5.32 Å². The van der Waals surface area contributed by atoms with Crippen molar-refractivity contribution < 1.29 is 19.4 Å². The molecule has 5 nitrogen and oxygen atoms in total. The van der Waals surface area contributed by atoms with Crippen molar-refractivity contribution in [2.45, 2.75) is 38.2 Å². The molecule has 7 heteroatoms. The Morgan fingerprint density at radius 1 is 0.850 bits per heavy atom. The second-order valence-electron chi connectivity index (χ2n) is 10.6. The summed E-state index contributed by atoms with van der Waals surface area (Å²) in [6, 6.07) is 31.0. The summed E-state index contributed by atoms with van der Waals surface area (Å²) in [5.41, 5.74) is 5.10. The molecule has 1 aromatic heterocycles. The molecule has 204 valence electrons. The zero-order chi connectivity index (χ0) is 28.3. The number of thioether (sulfide) groups is 1. The minimum Gasteiger partial charge on any atom is -0.480 e. The van der Waals surface area contributed by atoms with Crippen LogP contribution in [-0.4, -0.2) is 34.6 Å². The van der Waals surface area contributed by atoms with Crippen molar-refractivity contribution in [3.63, 3.8) is 0 Å². The van der Waals surface area contributed by atoms with Crippen LogP contribution in [0.2, 0.25) is 0 Å². The Kier molecular flexibility index (Phi) is 8.14. The Labute approximate surface area is 242 Å². The highest BCUT2D eigenvalue weighted by Crippen LogP contribution is 2.40. The highest BCUT2D eigenvalue weighted by atomic mass is 32.2. The van der Waals surface area contributed by atoms with Gasteiger partial charge in [-0.15, -0.1) is 11.3 Å². The first-order chi connectivity index (χ1) is 19.2. The smallest absolute Gasteiger partial charge is 0.408 e. The van der Waals surface area contributed by atoms with Crippen LogP contribution in [0.5, 0.6) is 0 Å². The lowest BCUT2D eigenvalue weighted by Gasteiger charge is -2.21. The number of hydrogen-bond donors (Lipinski definition) is 2. The van der Waals surface area contributed by atoms with Crippen LogP contribution in [0.1, 0.15) is 26.3 Å². The quantitative estimate of drug-likeness (QED) is 0.196. The molecule has 0 aliphatic carbocycles. The number of aliphatic carboxylic acids is 1. The van der Waals surface area contributed by atoms with E-state index in [-0.39, 0.29) is 5.75 Å². The van der Waals surface area contributed by atoms with E-state index in [9.17, 15) is 14.7 Å². The number of carboxylic acids is 1. The van der Waals surface area contributed by atoms with Gasteiger partial charge in [0.05, 0.1) is 0 Å². The predicted octanol–water partition coefficient (Wildman–Crippen LogP) is 8.60. The topological polar surface area (TPSA) is 75.6 Å². The third kappa shape index (κ3) is 6.49. The van der Waals surface area contributed by atoms with E-state index in [2.05, 4.69) is 96.3 Å². The van der Waals surface area contributed by atoms with Crippen LogP contribution in [0.4, 0.5) is 4.79 Å². The highest BCUT2D eigenvalue weighted by Gasteiger charge is 2.24. The van der Waals surface area contributed by atoms with E-state index in [1.165, 1.54) is 43.1 Å². The predicted molar refractivity (Wildman–Crippen MR) is 167 cm³/mol. The molecule has 5 rings (SSSR count). The van der Waals surface area contributed by atoms with Gasteiger partial charge in [-0.05, 0) is 54.7 Å². The van der Waals surface area contributed by atoms with E-state index >= 15 is 0 Å². The van der Waals surface area contributed by atoms with E-state index in [0.717, 1.165) is 16.7 Å². The fraction of sp³-hybridized carbons (Fsp3) is 0.212. The molecule has 4 aromatic carbocycles. The molecule has 0 fully saturated rings. The van der Waals surface area contributed by atoms with E-state index in [1.54, 1.807) is 20.8 Å². The number of amides is 1. The molecule has 0 aliphatic heterocycles. The van der Waals surface area contributed by atoms with Gasteiger partial charge in [0.25, 0.3) is 0 Å². The third-order valence-corrected chi connectivity index (χ3v) is 8.76. The summed E-state index contributed by atoms with van der Waals surface area (Å²) in [4.78, 5) is 23.6. The third-order valence-electron chi connectivity index (χ3n) is 6.43. The number of benzene rings is 4. The van der Waals surface area contributed by atoms with Gasteiger partial charge in [0.2, 0.25) is 0 Å². The van der Waals surface area contributed by atoms with Crippen LogP contribution >= 0.6 is 23.1 Å². The van der Waals surface area contributed by atoms with Gasteiger partial charge in [-0.1, -0.05) is 84.9 Å². The average Bonchev–Trinajstić information content (AvgIpc) is 3.31. The van der Waals surface area contributed by atoms with E-state index in [4.69, 9.17) is 4.74 Å². The van der Waals surface area contributed by atoms with Gasteiger partial charge < -0.3 is 15.2 Å². The number of carboxylic acid groups (broad SMARTS) is 1. The molecule has 0 saturated heterocycles. The van der Waals surface area contributed by atoms with Crippen LogP contribution in [0.15, 0.2) is 91.0 Å². The normalized spacial score (nSPS) is 12.4. The van der Waals surface area contributed by atoms with Crippen LogP contribution in [-0.2, 0) is 15.3 Å². The largest absolute Gasteiger partial charge is 0.480 e. The molecule has 0 radical (unpaired) electrons. The van der Waals surface area contributed by atoms with Crippen LogP contribution in [0, 0.1) is 0 Å². The van der Waals surface area contributed by atoms with E-state index in [0.29, 0.717) is 5.75 Å². The van der Waals surface area contributed by atoms with Crippen molar-refractivity contribution >= 4 is 55.3 Å². The maximum atomic E-state index is 12.0. The lowest BCUT2D eigenvalue weighted by Crippen LogP contribution is -2.44. The molecule has 5 aromatic rings. The summed E-state index contributed by atoms with van der Waals surface area (Å²) in [7, 11) is 0. The summed E-state index contributed by atoms with van der Waals surface area (Å²) in [6.45, 7) is 5.21. The Hall–Kier alpha value is -3.81. The maximum Gasteiger partial charge on any atom is 0.408 e. The minimum atomic E-state index is -1.08. The van der Waals surface area contributed by atoms with Crippen LogP contribution in [0.3, 0.4) is 0 Å². The molecule has 1 atom stereocenters. The SMILES string of the molecule is CC(C)(C)OC(=O)N[C@@H](CSCc1ccc(-c2ccc(-c3cccc4c3sc3ccccc34)cc2)cc1)C(=O)O. The van der Waals surface area contributed by atoms with E-state index < -0.39 is 23.7 Å². The summed E-state index contributed by atoms with van der Waals surface area (Å²) < 4.78 is 7.79. The monoisotopic (exact) mass is 569 g/mol. The molecular formula is C33H31NO4S2. The number of carbonyl (C=O) groups excluding carboxylic acids is 1. The molecule has 0 bridgehead atoms. The van der Waals surface area contributed by atoms with Gasteiger partial charge >= 0.3 is 12.1 Å². The minimum absolute atomic E-state index is 0.240. The van der Waals surface area contributed by atoms with Gasteiger partial charge in [0, 0.05) is 31.7 Å². The molecule has 0 aliphatic rings. The molecule has 0 unspecified atom stereocenters. The number of rotatable bonds is 8. The number of fused-ring (bicyclic) bond motifs is 3. The highest BCUT2D eigenvalue weighted by molar-refractivity contribution is 7.98. The number of alkyl carbamates (subject to hydrolysis) is 1. The summed E-state index contributed by atoms with van der Waals surface area (Å²) >= 11 is 3.29. The number of ether oxygens (including phenoxy) is 1. The lowest BCUT2D eigenvalue weighted by molar-refractivity contribution is -0.138. The molecule has 2 N–H and O–H groups in total. The molecule has 1 heterocycles. The standard InChI is InChI=1S/C33H31NO4S2/c1-33(2,3)38-32(37)34-28(31(35)36)20-39-19-21-11-13-22(14-12-21)23-15-17-24(18-16-23)25-8-6-9-27-26-7-4-5-10-29(26)40-30(25)27/h4-18,28H,19-20H2,1-3H3,(H,34,37)(H,35,36)/t28-/m0/s1. The Morgan fingerprint density at radius 2 is 1.48 bits per heavy atom. The van der Waals surface area contributed by atoms with Crippen molar-refractivity contribution in [2.24, 2.45) is 0 Å². The molecular weight excluding hydrogens is 539 g/mol. The Morgan fingerprint density at radius 3 is 2.15 bits per heavy atom. The van der Waals surface area contributed by atoms with Gasteiger partial charge in [0.15, 0.2) is 0 Å². The summed E-state index contributed by atoms with van der Waals surface area (Å²) in [6.07, 6.45) is -0.726. The fourth-order valence-electron chi connectivity index (χ4n) is 4.53. The number of thiophene rings is 1. The first-order valence-corrected chi connectivity index (χ1v) is 15.1. The Balaban J connectivity index is 1.22. The molecule has 40 heavy (non-hydrogen) atoms. The molecule has 1 amide bonds. The fourth-order valence-corrected chi connectivity index (χ4v) is 6.78. The van der Waals surface area contributed by atoms with Crippen molar-refractivity contribution in [1.82, 2.24) is 5.32 Å². The number of nitrogens with one attached hydrogen (secondary N) is 1. The zero-order valence-electron chi connectivity index (χ0n) is 22.6. The number of hydrogen-bond acceptors (Lipinski definition) is 5. The van der Waals surface area contributed by atoms with Gasteiger partial charge in [-0.25, -0.2) is 9.59 Å². The summed E-state index contributed by atoms with van der Waals surface area (Å²) in [5.74, 6) is -0.205. The first-order valence-electron chi connectivity index (χ1n) is 13.1. The van der Waals surface area contributed by atoms with Crippen LogP contribution in [0.25, 0.3) is 42.4 Å². The van der Waals surface area contributed by atoms with Gasteiger partial charge in [-0.2, -0.15) is 11.8 Å². The number of carbonyl (C=O) groups is 2. The first kappa shape index (κ1) is 27.7. The summed E-state index contributed by atoms with van der Waals surface area (Å²) in [5, 5.41) is 14.5. The molecule has 0 spiro atoms. The second-order valence-corrected chi connectivity index (χ2v) is 12.7. The Bertz CT molecular complexity index is 1650. The lowest BCUT2D eigenvalue weighted by atomic mass is 9.98. The zero-order valence-corrected chi connectivity index (χ0v) is 24.3. The van der Waals surface area contributed by atoms with Crippen molar-refractivity contribution in [3.05, 3.63) is 96.6 Å². The maximum absolute atomic E-state index is 12.0.